The van der Waals surface area contributed by atoms with Crippen LogP contribution in [-0.4, -0.2) is 0 Å². The van der Waals surface area contributed by atoms with Crippen LogP contribution in [0.1, 0.15) is 0 Å². The molecule has 0 aliphatic rings. The van der Waals surface area contributed by atoms with Crippen molar-refractivity contribution in [3.63, 3.8) is 0 Å². The zero-order valence-electron chi connectivity index (χ0n) is 5.93. The van der Waals surface area contributed by atoms with E-state index >= 15 is 0 Å². The minimum absolute atomic E-state index is 0.200. The van der Waals surface area contributed by atoms with Gasteiger partial charge in [-0.1, -0.05) is 18.2 Å². The molecule has 0 radical (unpaired) electrons. The molecule has 0 bridgehead atoms. The summed E-state index contributed by atoms with van der Waals surface area (Å²) in [6, 6.07) is 6.54. The maximum Gasteiger partial charge on any atom is 0.326 e. The Morgan fingerprint density at radius 3 is 2.25 bits per heavy atom. The van der Waals surface area contributed by atoms with Gasteiger partial charge in [0.1, 0.15) is 5.75 Å². The lowest BCUT2D eigenvalue weighted by molar-refractivity contribution is 0.285. The van der Waals surface area contributed by atoms with Crippen LogP contribution >= 0.6 is 11.6 Å². The second kappa shape index (κ2) is 4.07. The van der Waals surface area contributed by atoms with Crippen molar-refractivity contribution in [3.05, 3.63) is 41.6 Å². The predicted octanol–water partition coefficient (Wildman–Crippen LogP) is 3.37. The number of hydrogen-bond acceptors (Lipinski definition) is 1. The normalized spacial score (nSPS) is 12.2. The van der Waals surface area contributed by atoms with Crippen LogP contribution in [0, 0.1) is 0 Å². The zero-order valence-corrected chi connectivity index (χ0v) is 6.68. The molecule has 12 heavy (non-hydrogen) atoms. The van der Waals surface area contributed by atoms with Crippen LogP contribution in [0.15, 0.2) is 41.6 Å². The summed E-state index contributed by atoms with van der Waals surface area (Å²) in [6.45, 7) is 0. The molecule has 1 aromatic rings. The van der Waals surface area contributed by atoms with Gasteiger partial charge >= 0.3 is 6.01 Å². The van der Waals surface area contributed by atoms with Gasteiger partial charge in [0.2, 0.25) is 0 Å². The fourth-order valence-electron chi connectivity index (χ4n) is 0.631. The van der Waals surface area contributed by atoms with Gasteiger partial charge in [-0.2, -0.15) is 8.78 Å². The fraction of sp³-hybridized carbons (Fsp3) is 0. The molecule has 0 aliphatic carbocycles. The summed E-state index contributed by atoms with van der Waals surface area (Å²) in [5.74, 6) is 0.200. The Hall–Kier alpha value is -1.09. The molecule has 0 N–H and O–H groups in total. The highest BCUT2D eigenvalue weighted by Gasteiger charge is 2.04. The minimum atomic E-state index is -1.49. The predicted molar refractivity (Wildman–Crippen MR) is 42.2 cm³/mol. The maximum atomic E-state index is 12.4. The molecule has 0 aliphatic heterocycles. The van der Waals surface area contributed by atoms with E-state index in [0.29, 0.717) is 0 Å². The lowest BCUT2D eigenvalue weighted by Crippen LogP contribution is -1.89. The average Bonchev–Trinajstić information content (AvgIpc) is 2.06. The van der Waals surface area contributed by atoms with E-state index in [0.717, 1.165) is 0 Å². The summed E-state index contributed by atoms with van der Waals surface area (Å²) in [6.07, 6.45) is 0. The lowest BCUT2D eigenvalue weighted by Gasteiger charge is -2.00. The van der Waals surface area contributed by atoms with E-state index in [1.54, 1.807) is 18.2 Å². The van der Waals surface area contributed by atoms with Crippen LogP contribution in [0.5, 0.6) is 5.75 Å². The van der Waals surface area contributed by atoms with Gasteiger partial charge in [0.05, 0.1) is 0 Å². The Balaban J connectivity index is 2.72. The summed E-state index contributed by atoms with van der Waals surface area (Å²) in [5.41, 5.74) is 0. The number of halogens is 3. The van der Waals surface area contributed by atoms with E-state index in [1.807, 2.05) is 0 Å². The minimum Gasteiger partial charge on any atom is -0.429 e. The van der Waals surface area contributed by atoms with Gasteiger partial charge in [0.15, 0.2) is 0 Å². The SMILES string of the molecule is F/C(Cl)=C(\F)Oc1ccccc1. The number of para-hydroxylation sites is 1. The van der Waals surface area contributed by atoms with Gasteiger partial charge in [-0.15, -0.1) is 0 Å². The van der Waals surface area contributed by atoms with Gasteiger partial charge in [-0.25, -0.2) is 0 Å². The monoisotopic (exact) mass is 190 g/mol. The second-order valence-electron chi connectivity index (χ2n) is 1.95. The van der Waals surface area contributed by atoms with Crippen LogP contribution in [0.25, 0.3) is 0 Å². The molecule has 0 aromatic heterocycles. The van der Waals surface area contributed by atoms with Gasteiger partial charge in [-0.05, 0) is 23.7 Å². The molecule has 0 heterocycles. The first-order valence-electron chi connectivity index (χ1n) is 3.14. The molecule has 0 amide bonds. The third-order valence-corrected chi connectivity index (χ3v) is 1.25. The maximum absolute atomic E-state index is 12.4. The second-order valence-corrected chi connectivity index (χ2v) is 2.28. The lowest BCUT2D eigenvalue weighted by atomic mass is 10.3. The summed E-state index contributed by atoms with van der Waals surface area (Å²) < 4.78 is 28.7. The van der Waals surface area contributed by atoms with Crippen molar-refractivity contribution >= 4 is 11.6 Å². The molecule has 1 rings (SSSR count). The highest BCUT2D eigenvalue weighted by atomic mass is 35.5. The topological polar surface area (TPSA) is 9.23 Å². The quantitative estimate of drug-likeness (QED) is 0.650. The highest BCUT2D eigenvalue weighted by molar-refractivity contribution is 6.28. The van der Waals surface area contributed by atoms with Crippen molar-refractivity contribution in [1.82, 2.24) is 0 Å². The number of benzene rings is 1. The van der Waals surface area contributed by atoms with Gasteiger partial charge in [-0.3, -0.25) is 0 Å². The molecular weight excluding hydrogens is 186 g/mol. The largest absolute Gasteiger partial charge is 0.429 e. The standard InChI is InChI=1S/C8H5ClF2O/c9-7(10)8(11)12-6-4-2-1-3-5-6/h1-5H/b8-7+. The first-order valence-corrected chi connectivity index (χ1v) is 3.51. The van der Waals surface area contributed by atoms with Crippen molar-refractivity contribution in [2.45, 2.75) is 0 Å². The number of ether oxygens (including phenoxy) is 1. The first-order chi connectivity index (χ1) is 5.70. The van der Waals surface area contributed by atoms with Gasteiger partial charge in [0.25, 0.3) is 5.29 Å². The third-order valence-electron chi connectivity index (χ3n) is 1.10. The van der Waals surface area contributed by atoms with Gasteiger partial charge in [0, 0.05) is 0 Å². The fourth-order valence-corrected chi connectivity index (χ4v) is 0.669. The molecule has 0 fully saturated rings. The van der Waals surface area contributed by atoms with E-state index in [-0.39, 0.29) is 5.75 Å². The van der Waals surface area contributed by atoms with E-state index in [1.165, 1.54) is 12.1 Å². The van der Waals surface area contributed by atoms with Crippen LogP contribution in [0.3, 0.4) is 0 Å². The summed E-state index contributed by atoms with van der Waals surface area (Å²) in [4.78, 5) is 0. The van der Waals surface area contributed by atoms with Crippen molar-refractivity contribution in [2.75, 3.05) is 0 Å². The Morgan fingerprint density at radius 1 is 1.17 bits per heavy atom. The average molecular weight is 191 g/mol. The van der Waals surface area contributed by atoms with Crippen molar-refractivity contribution in [1.29, 1.82) is 0 Å². The molecule has 1 aromatic carbocycles. The van der Waals surface area contributed by atoms with Crippen molar-refractivity contribution in [2.24, 2.45) is 0 Å². The Labute approximate surface area is 73.2 Å². The molecule has 4 heteroatoms. The molecule has 64 valence electrons. The van der Waals surface area contributed by atoms with Crippen molar-refractivity contribution < 1.29 is 13.5 Å². The Kier molecular flexibility index (Phi) is 3.05. The Morgan fingerprint density at radius 2 is 1.75 bits per heavy atom. The van der Waals surface area contributed by atoms with E-state index in [4.69, 9.17) is 11.6 Å². The number of hydrogen-bond donors (Lipinski definition) is 0. The molecule has 0 spiro atoms. The molecule has 0 atom stereocenters. The molecule has 0 saturated carbocycles. The van der Waals surface area contributed by atoms with E-state index in [9.17, 15) is 8.78 Å². The summed E-state index contributed by atoms with van der Waals surface area (Å²) >= 11 is 4.69. The highest BCUT2D eigenvalue weighted by Crippen LogP contribution is 2.18. The number of rotatable bonds is 2. The molecule has 0 saturated heterocycles. The van der Waals surface area contributed by atoms with E-state index in [2.05, 4.69) is 4.74 Å². The van der Waals surface area contributed by atoms with E-state index < -0.39 is 11.3 Å². The third kappa shape index (κ3) is 2.51. The smallest absolute Gasteiger partial charge is 0.326 e. The Bertz CT molecular complexity index is 280. The van der Waals surface area contributed by atoms with Crippen LogP contribution < -0.4 is 4.74 Å². The molecule has 1 nitrogen and oxygen atoms in total. The van der Waals surface area contributed by atoms with Crippen LogP contribution in [0.2, 0.25) is 0 Å². The van der Waals surface area contributed by atoms with Gasteiger partial charge < -0.3 is 4.74 Å². The van der Waals surface area contributed by atoms with Crippen LogP contribution in [-0.2, 0) is 0 Å². The molecule has 0 unspecified atom stereocenters. The first kappa shape index (κ1) is 9.00. The van der Waals surface area contributed by atoms with Crippen molar-refractivity contribution in [3.8, 4) is 5.75 Å². The molecular formula is C8H5ClF2O. The summed E-state index contributed by atoms with van der Waals surface area (Å²) in [7, 11) is 0. The van der Waals surface area contributed by atoms with Crippen LogP contribution in [0.4, 0.5) is 8.78 Å². The summed E-state index contributed by atoms with van der Waals surface area (Å²) in [5, 5.41) is -1.49. The zero-order chi connectivity index (χ0) is 8.97.